The first-order valence-electron chi connectivity index (χ1n) is 6.88. The number of nitrogens with two attached hydrogens (primary N) is 1. The first kappa shape index (κ1) is 14.1. The molecular formula is C12H14N8O2S. The molecule has 1 aromatic heterocycles. The Hall–Kier alpha value is -2.50. The highest BCUT2D eigenvalue weighted by molar-refractivity contribution is 7.10. The van der Waals surface area contributed by atoms with Crippen LogP contribution in [0.5, 0.6) is 0 Å². The van der Waals surface area contributed by atoms with Crippen LogP contribution in [0.2, 0.25) is 0 Å². The van der Waals surface area contributed by atoms with E-state index >= 15 is 0 Å². The van der Waals surface area contributed by atoms with Crippen molar-refractivity contribution < 1.29 is 9.90 Å². The lowest BCUT2D eigenvalue weighted by molar-refractivity contribution is 0.0831. The minimum Gasteiger partial charge on any atom is -0.395 e. The summed E-state index contributed by atoms with van der Waals surface area (Å²) in [5, 5.41) is 16.3. The SMILES string of the molecule is CN1C(=O)N(CCO)C2N=C3C(=C(c4nccs4)N=CN3N)N21. The third-order valence-electron chi connectivity index (χ3n) is 3.78. The van der Waals surface area contributed by atoms with Crippen LogP contribution in [-0.4, -0.2) is 74.7 Å². The number of nitrogens with zero attached hydrogens (tertiary/aromatic N) is 7. The second-order valence-electron chi connectivity index (χ2n) is 5.05. The van der Waals surface area contributed by atoms with Crippen LogP contribution in [0, 0.1) is 0 Å². The molecule has 2 amide bonds. The molecule has 3 aliphatic rings. The highest BCUT2D eigenvalue weighted by Crippen LogP contribution is 2.38. The van der Waals surface area contributed by atoms with E-state index in [1.54, 1.807) is 18.3 Å². The van der Waals surface area contributed by atoms with Gasteiger partial charge >= 0.3 is 6.03 Å². The lowest BCUT2D eigenvalue weighted by atomic mass is 10.2. The van der Waals surface area contributed by atoms with Gasteiger partial charge in [0.1, 0.15) is 22.7 Å². The number of aliphatic imine (C=N–C) groups is 2. The number of hydrogen-bond donors (Lipinski definition) is 2. The number of rotatable bonds is 3. The molecule has 1 saturated heterocycles. The summed E-state index contributed by atoms with van der Waals surface area (Å²) in [5.41, 5.74) is 1.25. The molecule has 0 saturated carbocycles. The number of urea groups is 1. The number of thiazole rings is 1. The minimum absolute atomic E-state index is 0.143. The number of aliphatic hydroxyl groups excluding tert-OH is 1. The number of amides is 2. The zero-order chi connectivity index (χ0) is 16.1. The molecule has 1 atom stereocenters. The Morgan fingerprint density at radius 1 is 1.48 bits per heavy atom. The molecule has 0 spiro atoms. The van der Waals surface area contributed by atoms with Gasteiger partial charge in [-0.1, -0.05) is 0 Å². The molecule has 11 heteroatoms. The molecule has 1 fully saturated rings. The Kier molecular flexibility index (Phi) is 3.07. The molecule has 0 aromatic carbocycles. The smallest absolute Gasteiger partial charge is 0.341 e. The summed E-state index contributed by atoms with van der Waals surface area (Å²) in [6, 6.07) is -0.240. The molecule has 120 valence electrons. The van der Waals surface area contributed by atoms with Gasteiger partial charge in [-0.2, -0.15) is 0 Å². The summed E-state index contributed by atoms with van der Waals surface area (Å²) in [5.74, 6) is 6.45. The van der Waals surface area contributed by atoms with Crippen LogP contribution >= 0.6 is 11.3 Å². The number of β-amino-alcohol motifs (C(OH)–C–C–N with tert-alkyl or cyclic N) is 1. The van der Waals surface area contributed by atoms with Gasteiger partial charge in [-0.15, -0.1) is 11.3 Å². The highest BCUT2D eigenvalue weighted by atomic mass is 32.1. The van der Waals surface area contributed by atoms with E-state index in [1.807, 2.05) is 5.38 Å². The van der Waals surface area contributed by atoms with Gasteiger partial charge in [-0.3, -0.25) is 4.90 Å². The molecule has 10 nitrogen and oxygen atoms in total. The van der Waals surface area contributed by atoms with Gasteiger partial charge in [0, 0.05) is 25.2 Å². The van der Waals surface area contributed by atoms with E-state index in [1.165, 1.54) is 32.6 Å². The maximum atomic E-state index is 12.4. The van der Waals surface area contributed by atoms with E-state index in [2.05, 4.69) is 15.0 Å². The van der Waals surface area contributed by atoms with Gasteiger partial charge in [0.25, 0.3) is 0 Å². The maximum Gasteiger partial charge on any atom is 0.341 e. The van der Waals surface area contributed by atoms with Crippen LogP contribution in [-0.2, 0) is 0 Å². The predicted octanol–water partition coefficient (Wildman–Crippen LogP) is -0.698. The molecule has 0 bridgehead atoms. The average molecular weight is 334 g/mol. The van der Waals surface area contributed by atoms with E-state index in [0.29, 0.717) is 17.2 Å². The van der Waals surface area contributed by atoms with Crippen molar-refractivity contribution in [2.24, 2.45) is 15.8 Å². The van der Waals surface area contributed by atoms with E-state index in [-0.39, 0.29) is 19.2 Å². The summed E-state index contributed by atoms with van der Waals surface area (Å²) >= 11 is 1.45. The van der Waals surface area contributed by atoms with Crippen LogP contribution in [0.1, 0.15) is 5.01 Å². The quantitative estimate of drug-likeness (QED) is 0.707. The van der Waals surface area contributed by atoms with Gasteiger partial charge in [0.05, 0.1) is 6.61 Å². The highest BCUT2D eigenvalue weighted by Gasteiger charge is 2.51. The first-order chi connectivity index (χ1) is 11.1. The van der Waals surface area contributed by atoms with Gasteiger partial charge < -0.3 is 5.11 Å². The minimum atomic E-state index is -0.577. The molecule has 3 N–H and O–H groups in total. The summed E-state index contributed by atoms with van der Waals surface area (Å²) in [4.78, 5) is 27.0. The molecular weight excluding hydrogens is 320 g/mol. The maximum absolute atomic E-state index is 12.4. The number of aliphatic hydroxyl groups is 1. The summed E-state index contributed by atoms with van der Waals surface area (Å²) in [6.45, 7) is 0.0441. The summed E-state index contributed by atoms with van der Waals surface area (Å²) in [7, 11) is 1.65. The van der Waals surface area contributed by atoms with Crippen molar-refractivity contribution in [1.82, 2.24) is 24.9 Å². The monoisotopic (exact) mass is 334 g/mol. The zero-order valence-corrected chi connectivity index (χ0v) is 13.0. The molecule has 1 aromatic rings. The summed E-state index contributed by atoms with van der Waals surface area (Å²) < 4.78 is 0. The largest absolute Gasteiger partial charge is 0.395 e. The Morgan fingerprint density at radius 2 is 2.30 bits per heavy atom. The summed E-state index contributed by atoms with van der Waals surface area (Å²) in [6.07, 6.45) is 2.59. The third kappa shape index (κ3) is 1.87. The van der Waals surface area contributed by atoms with Crippen LogP contribution in [0.15, 0.2) is 27.3 Å². The lowest BCUT2D eigenvalue weighted by Crippen LogP contribution is -2.44. The molecule has 0 aliphatic carbocycles. The van der Waals surface area contributed by atoms with Crippen molar-refractivity contribution in [1.29, 1.82) is 0 Å². The standard InChI is InChI=1S/C12H14N8O2S/c1-17-12(22)18(3-4-21)11-16-9-8(20(11)17)7(15-6-19(9)13)10-14-2-5-23-10/h2,5-6,11,21H,3-4,13H2,1H3. The second-order valence-corrected chi connectivity index (χ2v) is 5.95. The van der Waals surface area contributed by atoms with Gasteiger partial charge in [-0.05, 0) is 0 Å². The fraction of sp³-hybridized carbons (Fsp3) is 0.333. The number of hydrogen-bond acceptors (Lipinski definition) is 9. The van der Waals surface area contributed by atoms with Crippen molar-refractivity contribution in [3.63, 3.8) is 0 Å². The zero-order valence-electron chi connectivity index (χ0n) is 12.2. The van der Waals surface area contributed by atoms with E-state index in [4.69, 9.17) is 5.84 Å². The molecule has 1 unspecified atom stereocenters. The Labute approximate surface area is 135 Å². The number of carbonyl (C=O) groups is 1. The lowest BCUT2D eigenvalue weighted by Gasteiger charge is -2.28. The molecule has 4 heterocycles. The van der Waals surface area contributed by atoms with Crippen molar-refractivity contribution in [3.8, 4) is 0 Å². The normalized spacial score (nSPS) is 23.0. The third-order valence-corrected chi connectivity index (χ3v) is 4.56. The van der Waals surface area contributed by atoms with Gasteiger partial charge in [0.2, 0.25) is 6.29 Å². The van der Waals surface area contributed by atoms with Gasteiger partial charge in [0.15, 0.2) is 5.84 Å². The number of fused-ring (bicyclic) bond motifs is 3. The van der Waals surface area contributed by atoms with E-state index < -0.39 is 6.29 Å². The first-order valence-corrected chi connectivity index (χ1v) is 7.76. The molecule has 4 rings (SSSR count). The van der Waals surface area contributed by atoms with Crippen molar-refractivity contribution >= 4 is 35.2 Å². The van der Waals surface area contributed by atoms with E-state index in [0.717, 1.165) is 5.01 Å². The number of aromatic nitrogens is 1. The van der Waals surface area contributed by atoms with Crippen molar-refractivity contribution in [2.75, 3.05) is 20.2 Å². The Morgan fingerprint density at radius 3 is 3.00 bits per heavy atom. The Bertz CT molecular complexity index is 742. The van der Waals surface area contributed by atoms with E-state index in [9.17, 15) is 9.90 Å². The fourth-order valence-electron chi connectivity index (χ4n) is 2.78. The van der Waals surface area contributed by atoms with Crippen LogP contribution in [0.25, 0.3) is 5.70 Å². The van der Waals surface area contributed by atoms with Gasteiger partial charge in [-0.25, -0.2) is 40.6 Å². The molecule has 0 radical (unpaired) electrons. The number of amidine groups is 1. The Balaban J connectivity index is 1.86. The fourth-order valence-corrected chi connectivity index (χ4v) is 3.41. The predicted molar refractivity (Wildman–Crippen MR) is 83.6 cm³/mol. The van der Waals surface area contributed by atoms with Crippen LogP contribution < -0.4 is 5.84 Å². The molecule has 23 heavy (non-hydrogen) atoms. The second kappa shape index (κ2) is 5.01. The van der Waals surface area contributed by atoms with Crippen LogP contribution in [0.3, 0.4) is 0 Å². The van der Waals surface area contributed by atoms with Crippen molar-refractivity contribution in [3.05, 3.63) is 22.3 Å². The van der Waals surface area contributed by atoms with Crippen LogP contribution in [0.4, 0.5) is 4.79 Å². The topological polar surface area (TPSA) is 114 Å². The molecule has 3 aliphatic heterocycles. The average Bonchev–Trinajstić information content (AvgIpc) is 3.23. The van der Waals surface area contributed by atoms with Crippen molar-refractivity contribution in [2.45, 2.75) is 6.29 Å². The number of hydrazine groups is 2. The number of carbonyl (C=O) groups excluding carboxylic acids is 1.